The van der Waals surface area contributed by atoms with Crippen molar-refractivity contribution in [2.24, 2.45) is 0 Å². The maximum atomic E-state index is 6.64. The van der Waals surface area contributed by atoms with Crippen LogP contribution in [0.25, 0.3) is 27.5 Å². The van der Waals surface area contributed by atoms with Gasteiger partial charge in [-0.2, -0.15) is 0 Å². The summed E-state index contributed by atoms with van der Waals surface area (Å²) >= 11 is 0. The molecule has 0 saturated carbocycles. The van der Waals surface area contributed by atoms with Crippen LogP contribution in [-0.2, 0) is 0 Å². The molecule has 0 aliphatic carbocycles. The molecule has 0 saturated heterocycles. The van der Waals surface area contributed by atoms with E-state index in [1.54, 1.807) is 0 Å². The minimum absolute atomic E-state index is 0.0841. The highest BCUT2D eigenvalue weighted by Gasteiger charge is 2.40. The van der Waals surface area contributed by atoms with Crippen molar-refractivity contribution in [2.45, 2.75) is 6.92 Å². The zero-order chi connectivity index (χ0) is 23.1. The Morgan fingerprint density at radius 1 is 0.600 bits per heavy atom. The van der Waals surface area contributed by atoms with Crippen LogP contribution >= 0.6 is 0 Å². The first-order chi connectivity index (χ1) is 17.3. The smallest absolute Gasteiger partial charge is 0.260 e. The zero-order valence-electron chi connectivity index (χ0n) is 19.2. The average Bonchev–Trinajstić information content (AvgIpc) is 3.23. The molecular weight excluding hydrogens is 429 g/mol. The van der Waals surface area contributed by atoms with Crippen molar-refractivity contribution in [3.63, 3.8) is 0 Å². The Kier molecular flexibility index (Phi) is 3.68. The molecule has 1 aromatic heterocycles. The molecule has 0 N–H and O–H groups in total. The van der Waals surface area contributed by atoms with Crippen LogP contribution in [0.4, 0.5) is 0 Å². The van der Waals surface area contributed by atoms with Crippen molar-refractivity contribution in [1.29, 1.82) is 0 Å². The number of rotatable bonds is 1. The van der Waals surface area contributed by atoms with Gasteiger partial charge in [0.05, 0.1) is 16.7 Å². The van der Waals surface area contributed by atoms with Gasteiger partial charge in [-0.3, -0.25) is 0 Å². The van der Waals surface area contributed by atoms with Gasteiger partial charge in [-0.05, 0) is 41.6 Å². The number of aryl methyl sites for hydroxylation is 1. The molecule has 35 heavy (non-hydrogen) atoms. The lowest BCUT2D eigenvalue weighted by molar-refractivity contribution is 0.462. The van der Waals surface area contributed by atoms with Crippen LogP contribution in [0, 0.1) is 6.92 Å². The Morgan fingerprint density at radius 3 is 2.00 bits per heavy atom. The SMILES string of the molecule is Cc1cccc2c1Oc1cc(-n3c4ccccc4c4ccccc43)cc3c1B2c1ccccc1O3. The molecule has 0 spiro atoms. The third-order valence-electron chi connectivity index (χ3n) is 7.43. The van der Waals surface area contributed by atoms with Crippen LogP contribution in [0.5, 0.6) is 23.0 Å². The summed E-state index contributed by atoms with van der Waals surface area (Å²) in [5, 5.41) is 2.47. The molecule has 0 atom stereocenters. The average molecular weight is 449 g/mol. The largest absolute Gasteiger partial charge is 0.458 e. The number of benzene rings is 5. The van der Waals surface area contributed by atoms with Gasteiger partial charge in [0, 0.05) is 28.4 Å². The molecular formula is C31H20BNO2. The first-order valence-corrected chi connectivity index (χ1v) is 12.0. The summed E-state index contributed by atoms with van der Waals surface area (Å²) in [7, 11) is 0. The summed E-state index contributed by atoms with van der Waals surface area (Å²) in [6.45, 7) is 2.20. The molecule has 0 bridgehead atoms. The molecule has 3 heterocycles. The minimum atomic E-state index is 0.0841. The third kappa shape index (κ3) is 2.51. The van der Waals surface area contributed by atoms with Gasteiger partial charge >= 0.3 is 0 Å². The van der Waals surface area contributed by atoms with Gasteiger partial charge in [-0.15, -0.1) is 0 Å². The molecule has 4 heteroatoms. The van der Waals surface area contributed by atoms with Gasteiger partial charge in [0.1, 0.15) is 23.0 Å². The fourth-order valence-corrected chi connectivity index (χ4v) is 5.93. The van der Waals surface area contributed by atoms with Crippen molar-refractivity contribution < 1.29 is 9.47 Å². The maximum absolute atomic E-state index is 6.64. The van der Waals surface area contributed by atoms with Crippen LogP contribution in [0.3, 0.4) is 0 Å². The first kappa shape index (κ1) is 18.9. The topological polar surface area (TPSA) is 23.4 Å². The predicted molar refractivity (Wildman–Crippen MR) is 143 cm³/mol. The van der Waals surface area contributed by atoms with E-state index in [0.717, 1.165) is 39.7 Å². The summed E-state index contributed by atoms with van der Waals surface area (Å²) in [5.74, 6) is 3.58. The number of hydrogen-bond acceptors (Lipinski definition) is 2. The summed E-state index contributed by atoms with van der Waals surface area (Å²) in [5.41, 5.74) is 7.99. The molecule has 8 rings (SSSR count). The minimum Gasteiger partial charge on any atom is -0.458 e. The van der Waals surface area contributed by atoms with Gasteiger partial charge < -0.3 is 14.0 Å². The lowest BCUT2D eigenvalue weighted by Crippen LogP contribution is -2.57. The molecule has 5 aromatic carbocycles. The predicted octanol–water partition coefficient (Wildman–Crippen LogP) is 5.82. The highest BCUT2D eigenvalue weighted by atomic mass is 16.5. The van der Waals surface area contributed by atoms with Crippen LogP contribution < -0.4 is 25.9 Å². The lowest BCUT2D eigenvalue weighted by atomic mass is 9.34. The van der Waals surface area contributed by atoms with E-state index in [0.29, 0.717) is 0 Å². The van der Waals surface area contributed by atoms with E-state index in [1.807, 2.05) is 6.07 Å². The standard InChI is InChI=1S/C31H20BNO2/c1-19-9-8-13-24-31(19)35-29-18-20(17-28-30(29)32(24)23-12-4-7-16-27(23)34-28)33-25-14-5-2-10-21(25)22-11-3-6-15-26(22)33/h2-18H,1H3. The number of para-hydroxylation sites is 4. The maximum Gasteiger partial charge on any atom is 0.260 e. The van der Waals surface area contributed by atoms with Gasteiger partial charge in [0.25, 0.3) is 6.71 Å². The van der Waals surface area contributed by atoms with Crippen LogP contribution in [0.2, 0.25) is 0 Å². The van der Waals surface area contributed by atoms with Gasteiger partial charge in [0.2, 0.25) is 0 Å². The summed E-state index contributed by atoms with van der Waals surface area (Å²) < 4.78 is 15.5. The van der Waals surface area contributed by atoms with E-state index >= 15 is 0 Å². The summed E-state index contributed by atoms with van der Waals surface area (Å²) in [6.07, 6.45) is 0. The number of aromatic nitrogens is 1. The highest BCUT2D eigenvalue weighted by Crippen LogP contribution is 2.39. The number of nitrogens with zero attached hydrogens (tertiary/aromatic N) is 1. The van der Waals surface area contributed by atoms with Crippen molar-refractivity contribution in [3.8, 4) is 28.7 Å². The second kappa shape index (κ2) is 6.80. The van der Waals surface area contributed by atoms with E-state index in [9.17, 15) is 0 Å². The van der Waals surface area contributed by atoms with Crippen molar-refractivity contribution in [3.05, 3.63) is 109 Å². The van der Waals surface area contributed by atoms with Crippen LogP contribution in [0.1, 0.15) is 5.56 Å². The second-order valence-electron chi connectivity index (χ2n) is 9.39. The Hall–Kier alpha value is -4.44. The van der Waals surface area contributed by atoms with Gasteiger partial charge in [0.15, 0.2) is 0 Å². The Labute approximate surface area is 203 Å². The Morgan fingerprint density at radius 2 is 1.23 bits per heavy atom. The first-order valence-electron chi connectivity index (χ1n) is 12.0. The second-order valence-corrected chi connectivity index (χ2v) is 9.39. The normalized spacial score (nSPS) is 13.1. The molecule has 2 aliphatic heterocycles. The number of fused-ring (bicyclic) bond motifs is 7. The number of ether oxygens (including phenoxy) is 2. The molecule has 6 aromatic rings. The van der Waals surface area contributed by atoms with E-state index in [1.165, 1.54) is 32.7 Å². The fraction of sp³-hybridized carbons (Fsp3) is 0.0323. The van der Waals surface area contributed by atoms with Crippen molar-refractivity contribution >= 4 is 44.9 Å². The van der Waals surface area contributed by atoms with E-state index in [-0.39, 0.29) is 6.71 Å². The monoisotopic (exact) mass is 449 g/mol. The Bertz CT molecular complexity index is 1780. The van der Waals surface area contributed by atoms with Crippen molar-refractivity contribution in [2.75, 3.05) is 0 Å². The number of hydrogen-bond donors (Lipinski definition) is 0. The molecule has 0 fully saturated rings. The zero-order valence-corrected chi connectivity index (χ0v) is 19.2. The van der Waals surface area contributed by atoms with Gasteiger partial charge in [-0.25, -0.2) is 0 Å². The van der Waals surface area contributed by atoms with Crippen LogP contribution in [-0.4, -0.2) is 11.3 Å². The third-order valence-corrected chi connectivity index (χ3v) is 7.43. The Balaban J connectivity index is 1.45. The quantitative estimate of drug-likeness (QED) is 0.295. The molecule has 0 unspecified atom stereocenters. The molecule has 0 amide bonds. The molecule has 2 aliphatic rings. The van der Waals surface area contributed by atoms with E-state index < -0.39 is 0 Å². The fourth-order valence-electron chi connectivity index (χ4n) is 5.93. The van der Waals surface area contributed by atoms with Crippen LogP contribution in [0.15, 0.2) is 103 Å². The molecule has 3 nitrogen and oxygen atoms in total. The lowest BCUT2D eigenvalue weighted by Gasteiger charge is -2.34. The van der Waals surface area contributed by atoms with E-state index in [2.05, 4.69) is 109 Å². The summed E-state index contributed by atoms with van der Waals surface area (Å²) in [6, 6.07) is 36.3. The summed E-state index contributed by atoms with van der Waals surface area (Å²) in [4.78, 5) is 0. The highest BCUT2D eigenvalue weighted by molar-refractivity contribution is 6.98. The molecule has 164 valence electrons. The van der Waals surface area contributed by atoms with Gasteiger partial charge in [-0.1, -0.05) is 72.8 Å². The molecule has 0 radical (unpaired) electrons. The van der Waals surface area contributed by atoms with E-state index in [4.69, 9.17) is 9.47 Å². The van der Waals surface area contributed by atoms with Crippen molar-refractivity contribution in [1.82, 2.24) is 4.57 Å².